The predicted octanol–water partition coefficient (Wildman–Crippen LogP) is 0.719. The van der Waals surface area contributed by atoms with Crippen LogP contribution in [0.2, 0.25) is 0 Å². The third-order valence-corrected chi connectivity index (χ3v) is 4.33. The van der Waals surface area contributed by atoms with Gasteiger partial charge in [0.2, 0.25) is 0 Å². The van der Waals surface area contributed by atoms with Crippen molar-refractivity contribution in [2.45, 2.75) is 51.5 Å². The van der Waals surface area contributed by atoms with Gasteiger partial charge >= 0.3 is 5.97 Å². The Kier molecular flexibility index (Phi) is 6.74. The number of carboxylic acids is 1. The van der Waals surface area contributed by atoms with E-state index in [-0.39, 0.29) is 6.42 Å². The van der Waals surface area contributed by atoms with Crippen molar-refractivity contribution in [3.63, 3.8) is 0 Å². The minimum Gasteiger partial charge on any atom is -0.480 e. The summed E-state index contributed by atoms with van der Waals surface area (Å²) in [5.41, 5.74) is 4.43. The Morgan fingerprint density at radius 1 is 1.41 bits per heavy atom. The highest BCUT2D eigenvalue weighted by Gasteiger charge is 2.32. The van der Waals surface area contributed by atoms with E-state index in [0.717, 1.165) is 12.8 Å². The van der Waals surface area contributed by atoms with E-state index in [1.807, 2.05) is 13.8 Å². The number of rotatable bonds is 8. The third-order valence-electron chi connectivity index (χ3n) is 2.67. The van der Waals surface area contributed by atoms with Crippen LogP contribution in [0.5, 0.6) is 0 Å². The van der Waals surface area contributed by atoms with Gasteiger partial charge in [-0.25, -0.2) is 0 Å². The van der Waals surface area contributed by atoms with Gasteiger partial charge in [-0.3, -0.25) is 14.1 Å². The summed E-state index contributed by atoms with van der Waals surface area (Å²) in [5, 5.41) is 16.1. The maximum absolute atomic E-state index is 11.9. The van der Waals surface area contributed by atoms with Gasteiger partial charge in [0, 0.05) is 21.9 Å². The quantitative estimate of drug-likeness (QED) is 0.561. The molecule has 1 unspecified atom stereocenters. The Balaban J connectivity index is 4.74. The maximum Gasteiger partial charge on any atom is 0.324 e. The minimum atomic E-state index is -2.55. The molecule has 0 radical (unpaired) electrons. The first-order valence-electron chi connectivity index (χ1n) is 5.92. The second-order valence-electron chi connectivity index (χ2n) is 4.42. The number of carboxylic acid groups (broad SMARTS) is 1. The summed E-state index contributed by atoms with van der Waals surface area (Å²) in [6, 6.07) is 0. The molecular weight excluding hydrogens is 240 g/mol. The molecule has 0 bridgehead atoms. The summed E-state index contributed by atoms with van der Waals surface area (Å²) in [5.74, 6) is -0.674. The van der Waals surface area contributed by atoms with Gasteiger partial charge in [-0.1, -0.05) is 26.7 Å². The standard InChI is InChI=1S/C11H24N2O3S/c1-3-5-8-17(13,16)9-7-11(12,6-4-2)10(14)15/h9H,3-8,12H2,1-2H3,(H2,13,16)(H,14,15)/t11-,17?/m0/s1. The Morgan fingerprint density at radius 2 is 2.00 bits per heavy atom. The molecule has 0 amide bonds. The highest BCUT2D eigenvalue weighted by molar-refractivity contribution is 7.99. The number of hydrogen-bond donors (Lipinski definition) is 3. The Labute approximate surface area is 104 Å². The number of hydrogen-bond acceptors (Lipinski definition) is 3. The summed E-state index contributed by atoms with van der Waals surface area (Å²) >= 11 is 0. The van der Waals surface area contributed by atoms with Crippen LogP contribution in [0.4, 0.5) is 0 Å². The van der Waals surface area contributed by atoms with E-state index in [0.29, 0.717) is 18.6 Å². The fraction of sp³-hybridized carbons (Fsp3) is 0.818. The Hall–Kier alpha value is -0.590. The summed E-state index contributed by atoms with van der Waals surface area (Å²) in [4.78, 5) is 11.1. The molecule has 0 spiro atoms. The van der Waals surface area contributed by atoms with E-state index in [9.17, 15) is 9.00 Å². The first kappa shape index (κ1) is 16.4. The maximum atomic E-state index is 11.9. The molecule has 0 saturated heterocycles. The molecule has 0 aromatic rings. The van der Waals surface area contributed by atoms with Crippen LogP contribution >= 0.6 is 0 Å². The first-order chi connectivity index (χ1) is 7.77. The smallest absolute Gasteiger partial charge is 0.324 e. The number of carbonyl (C=O) groups is 1. The van der Waals surface area contributed by atoms with Crippen LogP contribution < -0.4 is 10.9 Å². The van der Waals surface area contributed by atoms with Crippen molar-refractivity contribution in [2.24, 2.45) is 10.9 Å². The molecule has 0 aromatic heterocycles. The second-order valence-corrected chi connectivity index (χ2v) is 6.72. The van der Waals surface area contributed by atoms with E-state index in [4.69, 9.17) is 16.0 Å². The van der Waals surface area contributed by atoms with Crippen LogP contribution in [-0.2, 0) is 14.5 Å². The molecule has 0 fully saturated rings. The van der Waals surface area contributed by atoms with Crippen molar-refractivity contribution in [3.8, 4) is 0 Å². The van der Waals surface area contributed by atoms with Crippen LogP contribution in [-0.4, -0.2) is 31.9 Å². The van der Waals surface area contributed by atoms with Crippen LogP contribution in [0.15, 0.2) is 0 Å². The summed E-state index contributed by atoms with van der Waals surface area (Å²) in [7, 11) is -2.55. The molecule has 0 aromatic carbocycles. The van der Waals surface area contributed by atoms with E-state index < -0.39 is 21.2 Å². The number of nitrogens with two attached hydrogens (primary N) is 2. The van der Waals surface area contributed by atoms with Crippen molar-refractivity contribution in [3.05, 3.63) is 0 Å². The molecular formula is C11H24N2O3S. The molecule has 2 atom stereocenters. The molecule has 0 aliphatic rings. The Morgan fingerprint density at radius 3 is 2.41 bits per heavy atom. The molecule has 0 rings (SSSR count). The fourth-order valence-corrected chi connectivity index (χ4v) is 2.97. The number of unbranched alkanes of at least 4 members (excludes halogenated alkanes) is 1. The first-order valence-corrected chi connectivity index (χ1v) is 7.78. The number of aliphatic carboxylic acids is 1. The molecule has 0 aliphatic heterocycles. The van der Waals surface area contributed by atoms with Gasteiger partial charge in [-0.05, 0) is 18.2 Å². The van der Waals surface area contributed by atoms with Crippen molar-refractivity contribution in [2.75, 3.05) is 5.75 Å². The second kappa shape index (κ2) is 6.98. The molecule has 5 nitrogen and oxygen atoms in total. The van der Waals surface area contributed by atoms with Crippen molar-refractivity contribution in [1.29, 1.82) is 0 Å². The van der Waals surface area contributed by atoms with Crippen LogP contribution in [0.3, 0.4) is 0 Å². The zero-order valence-electron chi connectivity index (χ0n) is 10.6. The van der Waals surface area contributed by atoms with Gasteiger partial charge < -0.3 is 10.8 Å². The van der Waals surface area contributed by atoms with Gasteiger partial charge in [0.1, 0.15) is 5.54 Å². The van der Waals surface area contributed by atoms with Crippen LogP contribution in [0.25, 0.3) is 0 Å². The van der Waals surface area contributed by atoms with E-state index in [2.05, 4.69) is 0 Å². The molecule has 0 aliphatic carbocycles. The van der Waals surface area contributed by atoms with Gasteiger partial charge in [-0.2, -0.15) is 0 Å². The third kappa shape index (κ3) is 6.05. The normalized spacial score (nSPS) is 18.1. The predicted molar refractivity (Wildman–Crippen MR) is 72.2 cm³/mol. The molecule has 5 N–H and O–H groups in total. The largest absolute Gasteiger partial charge is 0.480 e. The Bertz CT molecular complexity index is 362. The van der Waals surface area contributed by atoms with E-state index >= 15 is 0 Å². The SMILES string of the molecule is CCCCS(N)(=O)=CC[C@@](N)(CCC)C(=O)O. The lowest BCUT2D eigenvalue weighted by atomic mass is 9.92. The van der Waals surface area contributed by atoms with Gasteiger partial charge in [0.25, 0.3) is 0 Å². The lowest BCUT2D eigenvalue weighted by Gasteiger charge is -2.22. The van der Waals surface area contributed by atoms with Crippen molar-refractivity contribution in [1.82, 2.24) is 0 Å². The van der Waals surface area contributed by atoms with Crippen LogP contribution in [0, 0.1) is 0 Å². The van der Waals surface area contributed by atoms with Gasteiger partial charge in [0.15, 0.2) is 0 Å². The molecule has 6 heteroatoms. The van der Waals surface area contributed by atoms with Crippen LogP contribution in [0.1, 0.15) is 46.0 Å². The fourth-order valence-electron chi connectivity index (χ4n) is 1.49. The minimum absolute atomic E-state index is 0.0508. The zero-order valence-corrected chi connectivity index (χ0v) is 11.5. The summed E-state index contributed by atoms with van der Waals surface area (Å²) < 4.78 is 11.9. The highest BCUT2D eigenvalue weighted by atomic mass is 32.2. The highest BCUT2D eigenvalue weighted by Crippen LogP contribution is 2.14. The van der Waals surface area contributed by atoms with Gasteiger partial charge in [-0.15, -0.1) is 0 Å². The topological polar surface area (TPSA) is 106 Å². The van der Waals surface area contributed by atoms with E-state index in [1.54, 1.807) is 0 Å². The van der Waals surface area contributed by atoms with Crippen molar-refractivity contribution < 1.29 is 14.1 Å². The van der Waals surface area contributed by atoms with Crippen molar-refractivity contribution >= 4 is 21.0 Å². The van der Waals surface area contributed by atoms with Gasteiger partial charge in [0.05, 0.1) is 0 Å². The average molecular weight is 264 g/mol. The summed E-state index contributed by atoms with van der Waals surface area (Å²) in [6.45, 7) is 3.85. The lowest BCUT2D eigenvalue weighted by molar-refractivity contribution is -0.143. The zero-order chi connectivity index (χ0) is 13.5. The van der Waals surface area contributed by atoms with E-state index in [1.165, 1.54) is 5.37 Å². The average Bonchev–Trinajstić information content (AvgIpc) is 2.24. The molecule has 0 saturated carbocycles. The summed E-state index contributed by atoms with van der Waals surface area (Å²) in [6.07, 6.45) is 2.74. The molecule has 17 heavy (non-hydrogen) atoms. The monoisotopic (exact) mass is 264 g/mol. The molecule has 102 valence electrons. The lowest BCUT2D eigenvalue weighted by Crippen LogP contribution is -2.48. The molecule has 0 heterocycles.